The molecule has 4 heteroatoms. The second kappa shape index (κ2) is 24.0. The summed E-state index contributed by atoms with van der Waals surface area (Å²) < 4.78 is 10.5. The predicted octanol–water partition coefficient (Wildman–Crippen LogP) is 7.69. The Kier molecular flexibility index (Phi) is 22.9. The third-order valence-electron chi connectivity index (χ3n) is 5.19. The Morgan fingerprint density at radius 3 is 1.53 bits per heavy atom. The van der Waals surface area contributed by atoms with Crippen LogP contribution in [0.25, 0.3) is 0 Å². The molecule has 0 aromatic heterocycles. The smallest absolute Gasteiger partial charge is 0.305 e. The van der Waals surface area contributed by atoms with Crippen LogP contribution in [0.4, 0.5) is 0 Å². The van der Waals surface area contributed by atoms with E-state index in [0.717, 1.165) is 70.6 Å². The molecule has 0 N–H and O–H groups in total. The third-order valence-corrected chi connectivity index (χ3v) is 5.19. The molecule has 0 fully saturated rings. The molecule has 0 aromatic rings. The van der Waals surface area contributed by atoms with Crippen LogP contribution >= 0.6 is 0 Å². The summed E-state index contributed by atoms with van der Waals surface area (Å²) in [5.74, 6) is -0.121. The minimum absolute atomic E-state index is 0.0544. The Labute approximate surface area is 186 Å². The molecular formula is C26H48O4. The summed E-state index contributed by atoms with van der Waals surface area (Å²) >= 11 is 0. The Balaban J connectivity index is 3.30. The maximum absolute atomic E-state index is 11.7. The lowest BCUT2D eigenvalue weighted by Crippen LogP contribution is -2.05. The van der Waals surface area contributed by atoms with E-state index in [0.29, 0.717) is 26.1 Å². The van der Waals surface area contributed by atoms with Crippen molar-refractivity contribution in [2.45, 2.75) is 129 Å². The van der Waals surface area contributed by atoms with Crippen molar-refractivity contribution in [3.8, 4) is 0 Å². The highest BCUT2D eigenvalue weighted by atomic mass is 16.5. The van der Waals surface area contributed by atoms with Crippen molar-refractivity contribution in [1.29, 1.82) is 0 Å². The van der Waals surface area contributed by atoms with E-state index >= 15 is 0 Å². The molecule has 0 aromatic carbocycles. The molecule has 0 saturated heterocycles. The summed E-state index contributed by atoms with van der Waals surface area (Å²) in [5.41, 5.74) is 0. The topological polar surface area (TPSA) is 52.6 Å². The Bertz CT molecular complexity index is 417. The maximum Gasteiger partial charge on any atom is 0.305 e. The number of carbonyl (C=O) groups is 2. The van der Waals surface area contributed by atoms with Gasteiger partial charge in [0.05, 0.1) is 13.2 Å². The number of rotatable bonds is 22. The molecule has 0 rings (SSSR count). The van der Waals surface area contributed by atoms with Gasteiger partial charge in [-0.15, -0.1) is 0 Å². The standard InChI is InChI=1S/C26H48O4/c1-3-5-7-9-10-13-16-20-24-30-26(28)22-18-15-12-11-14-17-21-25(27)29-23-19-8-6-4-2/h10,13H,3-9,11-12,14-24H2,1-2H3/b13-10+. The van der Waals surface area contributed by atoms with Gasteiger partial charge >= 0.3 is 11.9 Å². The van der Waals surface area contributed by atoms with Crippen LogP contribution in [0.3, 0.4) is 0 Å². The first kappa shape index (κ1) is 28.7. The van der Waals surface area contributed by atoms with Gasteiger partial charge in [0, 0.05) is 12.8 Å². The van der Waals surface area contributed by atoms with Crippen molar-refractivity contribution < 1.29 is 19.1 Å². The fourth-order valence-electron chi connectivity index (χ4n) is 3.24. The lowest BCUT2D eigenvalue weighted by atomic mass is 10.1. The monoisotopic (exact) mass is 424 g/mol. The molecular weight excluding hydrogens is 376 g/mol. The highest BCUT2D eigenvalue weighted by Gasteiger charge is 2.04. The number of ether oxygens (including phenoxy) is 2. The second-order valence-corrected chi connectivity index (χ2v) is 8.23. The van der Waals surface area contributed by atoms with E-state index in [1.807, 2.05) is 0 Å². The molecule has 0 atom stereocenters. The molecule has 0 amide bonds. The molecule has 0 bridgehead atoms. The van der Waals surface area contributed by atoms with Gasteiger partial charge in [-0.25, -0.2) is 0 Å². The fraction of sp³-hybridized carbons (Fsp3) is 0.846. The lowest BCUT2D eigenvalue weighted by molar-refractivity contribution is -0.144. The number of hydrogen-bond acceptors (Lipinski definition) is 4. The molecule has 0 aliphatic carbocycles. The van der Waals surface area contributed by atoms with Crippen LogP contribution in [-0.4, -0.2) is 25.2 Å². The first-order valence-corrected chi connectivity index (χ1v) is 12.7. The van der Waals surface area contributed by atoms with Crippen molar-refractivity contribution in [1.82, 2.24) is 0 Å². The number of hydrogen-bond donors (Lipinski definition) is 0. The molecule has 0 saturated carbocycles. The molecule has 0 heterocycles. The van der Waals surface area contributed by atoms with Crippen molar-refractivity contribution in [2.75, 3.05) is 13.2 Å². The summed E-state index contributed by atoms with van der Waals surface area (Å²) in [5, 5.41) is 0. The predicted molar refractivity (Wildman–Crippen MR) is 126 cm³/mol. The highest BCUT2D eigenvalue weighted by molar-refractivity contribution is 5.69. The van der Waals surface area contributed by atoms with E-state index in [9.17, 15) is 9.59 Å². The Hall–Kier alpha value is -1.32. The quantitative estimate of drug-likeness (QED) is 0.101. The molecule has 0 aliphatic rings. The van der Waals surface area contributed by atoms with Crippen LogP contribution < -0.4 is 0 Å². The van der Waals surface area contributed by atoms with Gasteiger partial charge in [0.15, 0.2) is 0 Å². The lowest BCUT2D eigenvalue weighted by Gasteiger charge is -2.05. The molecule has 0 unspecified atom stereocenters. The van der Waals surface area contributed by atoms with Gasteiger partial charge in [0.2, 0.25) is 0 Å². The number of esters is 2. The zero-order valence-electron chi connectivity index (χ0n) is 19.9. The largest absolute Gasteiger partial charge is 0.466 e. The Morgan fingerprint density at radius 1 is 0.533 bits per heavy atom. The molecule has 0 spiro atoms. The molecule has 4 nitrogen and oxygen atoms in total. The molecule has 176 valence electrons. The first-order valence-electron chi connectivity index (χ1n) is 12.7. The van der Waals surface area contributed by atoms with Crippen molar-refractivity contribution in [2.24, 2.45) is 0 Å². The Morgan fingerprint density at radius 2 is 0.967 bits per heavy atom. The van der Waals surface area contributed by atoms with Gasteiger partial charge in [-0.3, -0.25) is 9.59 Å². The van der Waals surface area contributed by atoms with E-state index in [2.05, 4.69) is 26.0 Å². The normalized spacial score (nSPS) is 11.1. The summed E-state index contributed by atoms with van der Waals surface area (Å²) in [4.78, 5) is 23.3. The van der Waals surface area contributed by atoms with Gasteiger partial charge < -0.3 is 9.47 Å². The average Bonchev–Trinajstić information content (AvgIpc) is 2.74. The molecule has 0 aliphatic heterocycles. The molecule has 30 heavy (non-hydrogen) atoms. The van der Waals surface area contributed by atoms with Gasteiger partial charge in [0.25, 0.3) is 0 Å². The maximum atomic E-state index is 11.7. The van der Waals surface area contributed by atoms with Crippen LogP contribution in [0.2, 0.25) is 0 Å². The SMILES string of the molecule is CCCCC/C=C/CCCOC(=O)CCCCCCCCC(=O)OCCCCCC. The van der Waals surface area contributed by atoms with Crippen molar-refractivity contribution in [3.05, 3.63) is 12.2 Å². The molecule has 0 radical (unpaired) electrons. The van der Waals surface area contributed by atoms with Crippen LogP contribution in [0.1, 0.15) is 129 Å². The zero-order chi connectivity index (χ0) is 22.1. The van der Waals surface area contributed by atoms with Crippen molar-refractivity contribution in [3.63, 3.8) is 0 Å². The second-order valence-electron chi connectivity index (χ2n) is 8.23. The first-order chi connectivity index (χ1) is 14.7. The van der Waals surface area contributed by atoms with Crippen LogP contribution in [-0.2, 0) is 19.1 Å². The summed E-state index contributed by atoms with van der Waals surface area (Å²) in [6.45, 7) is 5.50. The number of allylic oxidation sites excluding steroid dienone is 2. The van der Waals surface area contributed by atoms with E-state index in [1.54, 1.807) is 0 Å². The van der Waals surface area contributed by atoms with Crippen molar-refractivity contribution >= 4 is 11.9 Å². The minimum atomic E-state index is -0.0661. The van der Waals surface area contributed by atoms with E-state index < -0.39 is 0 Å². The summed E-state index contributed by atoms with van der Waals surface area (Å²) in [7, 11) is 0. The van der Waals surface area contributed by atoms with Crippen LogP contribution in [0.15, 0.2) is 12.2 Å². The number of unbranched alkanes of at least 4 members (excludes halogenated alkanes) is 12. The summed E-state index contributed by atoms with van der Waals surface area (Å²) in [6.07, 6.45) is 23.1. The van der Waals surface area contributed by atoms with E-state index in [1.165, 1.54) is 32.1 Å². The number of carbonyl (C=O) groups excluding carboxylic acids is 2. The van der Waals surface area contributed by atoms with Crippen LogP contribution in [0, 0.1) is 0 Å². The van der Waals surface area contributed by atoms with Crippen LogP contribution in [0.5, 0.6) is 0 Å². The zero-order valence-corrected chi connectivity index (χ0v) is 19.9. The van der Waals surface area contributed by atoms with E-state index in [4.69, 9.17) is 9.47 Å². The van der Waals surface area contributed by atoms with Gasteiger partial charge in [-0.2, -0.15) is 0 Å². The summed E-state index contributed by atoms with van der Waals surface area (Å²) in [6, 6.07) is 0. The third kappa shape index (κ3) is 23.0. The van der Waals surface area contributed by atoms with Gasteiger partial charge in [-0.1, -0.05) is 83.8 Å². The minimum Gasteiger partial charge on any atom is -0.466 e. The highest BCUT2D eigenvalue weighted by Crippen LogP contribution is 2.10. The van der Waals surface area contributed by atoms with Gasteiger partial charge in [-0.05, 0) is 44.9 Å². The van der Waals surface area contributed by atoms with E-state index in [-0.39, 0.29) is 11.9 Å². The van der Waals surface area contributed by atoms with Gasteiger partial charge in [0.1, 0.15) is 0 Å². The average molecular weight is 425 g/mol. The fourth-order valence-corrected chi connectivity index (χ4v) is 3.24.